The average molecular weight is 353 g/mol. The van der Waals surface area contributed by atoms with Gasteiger partial charge in [0.15, 0.2) is 17.4 Å². The van der Waals surface area contributed by atoms with Gasteiger partial charge in [0.25, 0.3) is 10.0 Å². The Labute approximate surface area is 127 Å². The second kappa shape index (κ2) is 5.69. The molecule has 0 fully saturated rings. The predicted molar refractivity (Wildman–Crippen MR) is 70.3 cm³/mol. The molecule has 0 atom stereocenters. The third-order valence-electron chi connectivity index (χ3n) is 2.76. The lowest BCUT2D eigenvalue weighted by molar-refractivity contribution is -0.137. The van der Waals surface area contributed by atoms with Crippen LogP contribution in [0.5, 0.6) is 5.75 Å². The molecular formula is C13H8F5NO3S. The normalized spacial score (nSPS) is 12.2. The zero-order chi connectivity index (χ0) is 17.4. The first kappa shape index (κ1) is 17.0. The van der Waals surface area contributed by atoms with Gasteiger partial charge >= 0.3 is 6.18 Å². The molecule has 2 N–H and O–H groups in total. The van der Waals surface area contributed by atoms with Crippen molar-refractivity contribution < 1.29 is 35.5 Å². The predicted octanol–water partition coefficient (Wildman–Crippen LogP) is 3.49. The van der Waals surface area contributed by atoms with E-state index in [0.717, 1.165) is 0 Å². The number of halogens is 5. The van der Waals surface area contributed by atoms with Crippen molar-refractivity contribution in [3.05, 3.63) is 53.6 Å². The van der Waals surface area contributed by atoms with E-state index in [1.807, 2.05) is 0 Å². The van der Waals surface area contributed by atoms with Gasteiger partial charge in [-0.2, -0.15) is 13.2 Å². The van der Waals surface area contributed by atoms with Gasteiger partial charge in [-0.3, -0.25) is 4.72 Å². The highest BCUT2D eigenvalue weighted by molar-refractivity contribution is 7.92. The van der Waals surface area contributed by atoms with E-state index in [4.69, 9.17) is 5.11 Å². The van der Waals surface area contributed by atoms with Crippen molar-refractivity contribution in [3.8, 4) is 5.75 Å². The standard InChI is InChI=1S/C13H8F5NO3S/c14-10-5-8(6-11(15)12(10)20)19-23(21,22)9-3-1-7(2-4-9)13(16,17)18/h1-6,19-20H. The van der Waals surface area contributed by atoms with Crippen LogP contribution < -0.4 is 4.72 Å². The number of phenols is 1. The molecule has 10 heteroatoms. The lowest BCUT2D eigenvalue weighted by atomic mass is 10.2. The van der Waals surface area contributed by atoms with E-state index in [9.17, 15) is 30.4 Å². The molecule has 2 aromatic rings. The van der Waals surface area contributed by atoms with Gasteiger partial charge in [-0.15, -0.1) is 0 Å². The second-order valence-electron chi connectivity index (χ2n) is 4.42. The molecule has 23 heavy (non-hydrogen) atoms. The van der Waals surface area contributed by atoms with Crippen LogP contribution in [0.4, 0.5) is 27.6 Å². The molecule has 4 nitrogen and oxygen atoms in total. The largest absolute Gasteiger partial charge is 0.503 e. The van der Waals surface area contributed by atoms with Gasteiger partial charge in [0, 0.05) is 12.1 Å². The number of hydrogen-bond donors (Lipinski definition) is 2. The first-order valence-corrected chi connectivity index (χ1v) is 7.37. The highest BCUT2D eigenvalue weighted by Gasteiger charge is 2.30. The molecule has 0 saturated carbocycles. The van der Waals surface area contributed by atoms with Crippen molar-refractivity contribution >= 4 is 15.7 Å². The second-order valence-corrected chi connectivity index (χ2v) is 6.10. The summed E-state index contributed by atoms with van der Waals surface area (Å²) in [4.78, 5) is -0.528. The minimum atomic E-state index is -4.63. The Bertz CT molecular complexity index is 809. The minimum Gasteiger partial charge on any atom is -0.503 e. The van der Waals surface area contributed by atoms with E-state index < -0.39 is 49.7 Å². The Hall–Kier alpha value is -2.36. The highest BCUT2D eigenvalue weighted by atomic mass is 32.2. The van der Waals surface area contributed by atoms with Crippen molar-refractivity contribution in [2.45, 2.75) is 11.1 Å². The molecule has 0 radical (unpaired) electrons. The number of nitrogens with one attached hydrogen (secondary N) is 1. The molecular weight excluding hydrogens is 345 g/mol. The molecule has 124 valence electrons. The number of benzene rings is 2. The number of anilines is 1. The molecule has 2 aromatic carbocycles. The van der Waals surface area contributed by atoms with E-state index >= 15 is 0 Å². The molecule has 0 spiro atoms. The smallest absolute Gasteiger partial charge is 0.416 e. The van der Waals surface area contributed by atoms with Crippen molar-refractivity contribution in [2.75, 3.05) is 4.72 Å². The fourth-order valence-electron chi connectivity index (χ4n) is 1.66. The van der Waals surface area contributed by atoms with Gasteiger partial charge in [-0.05, 0) is 24.3 Å². The maximum Gasteiger partial charge on any atom is 0.416 e. The first-order chi connectivity index (χ1) is 10.5. The molecule has 0 bridgehead atoms. The summed E-state index contributed by atoms with van der Waals surface area (Å²) in [6, 6.07) is 3.59. The van der Waals surface area contributed by atoms with E-state index in [0.29, 0.717) is 36.4 Å². The van der Waals surface area contributed by atoms with Gasteiger partial charge < -0.3 is 5.11 Å². The van der Waals surface area contributed by atoms with Crippen LogP contribution in [0.25, 0.3) is 0 Å². The van der Waals surface area contributed by atoms with Gasteiger partial charge in [0.1, 0.15) is 0 Å². The third-order valence-corrected chi connectivity index (χ3v) is 4.16. The van der Waals surface area contributed by atoms with Crippen molar-refractivity contribution in [1.29, 1.82) is 0 Å². The van der Waals surface area contributed by atoms with Crippen molar-refractivity contribution in [3.63, 3.8) is 0 Å². The van der Waals surface area contributed by atoms with Gasteiger partial charge in [0.05, 0.1) is 16.1 Å². The summed E-state index contributed by atoms with van der Waals surface area (Å²) < 4.78 is 89.3. The fraction of sp³-hybridized carbons (Fsp3) is 0.0769. The third kappa shape index (κ3) is 3.70. The van der Waals surface area contributed by atoms with E-state index in [1.54, 1.807) is 4.72 Å². The Kier molecular flexibility index (Phi) is 4.20. The van der Waals surface area contributed by atoms with Crippen LogP contribution in [0, 0.1) is 11.6 Å². The van der Waals surface area contributed by atoms with Gasteiger partial charge in [0.2, 0.25) is 0 Å². The quantitative estimate of drug-likeness (QED) is 0.656. The maximum absolute atomic E-state index is 13.2. The summed E-state index contributed by atoms with van der Waals surface area (Å²) in [5, 5.41) is 8.92. The van der Waals surface area contributed by atoms with Gasteiger partial charge in [-0.25, -0.2) is 17.2 Å². The van der Waals surface area contributed by atoms with Gasteiger partial charge in [-0.1, -0.05) is 0 Å². The summed E-state index contributed by atoms with van der Waals surface area (Å²) in [5.41, 5.74) is -1.57. The lowest BCUT2D eigenvalue weighted by Crippen LogP contribution is -2.14. The molecule has 0 saturated heterocycles. The maximum atomic E-state index is 13.2. The van der Waals surface area contributed by atoms with E-state index in [-0.39, 0.29) is 0 Å². The number of rotatable bonds is 3. The molecule has 0 aliphatic rings. The summed E-state index contributed by atoms with van der Waals surface area (Å²) in [6.45, 7) is 0. The highest BCUT2D eigenvalue weighted by Crippen LogP contribution is 2.30. The number of alkyl halides is 3. The van der Waals surface area contributed by atoms with Crippen LogP contribution in [-0.4, -0.2) is 13.5 Å². The zero-order valence-corrected chi connectivity index (χ0v) is 11.8. The van der Waals surface area contributed by atoms with Crippen LogP contribution in [0.3, 0.4) is 0 Å². The topological polar surface area (TPSA) is 66.4 Å². The summed E-state index contributed by atoms with van der Waals surface area (Å²) in [7, 11) is -4.35. The van der Waals surface area contributed by atoms with Crippen molar-refractivity contribution in [2.24, 2.45) is 0 Å². The monoisotopic (exact) mass is 353 g/mol. The minimum absolute atomic E-state index is 0.528. The molecule has 0 aliphatic heterocycles. The molecule has 0 aromatic heterocycles. The number of sulfonamides is 1. The van der Waals surface area contributed by atoms with Crippen LogP contribution >= 0.6 is 0 Å². The molecule has 2 rings (SSSR count). The Balaban J connectivity index is 2.32. The van der Waals surface area contributed by atoms with Crippen LogP contribution in [0.2, 0.25) is 0 Å². The summed E-state index contributed by atoms with van der Waals surface area (Å²) in [5.74, 6) is -4.06. The van der Waals surface area contributed by atoms with E-state index in [1.165, 1.54) is 0 Å². The lowest BCUT2D eigenvalue weighted by Gasteiger charge is -2.11. The summed E-state index contributed by atoms with van der Waals surface area (Å²) >= 11 is 0. The van der Waals surface area contributed by atoms with Crippen molar-refractivity contribution in [1.82, 2.24) is 0 Å². The Morgan fingerprint density at radius 3 is 1.87 bits per heavy atom. The summed E-state index contributed by atoms with van der Waals surface area (Å²) in [6.07, 6.45) is -4.63. The van der Waals surface area contributed by atoms with Crippen LogP contribution in [0.15, 0.2) is 41.3 Å². The average Bonchev–Trinajstić information content (AvgIpc) is 2.43. The number of hydrogen-bond acceptors (Lipinski definition) is 3. The Morgan fingerprint density at radius 2 is 1.43 bits per heavy atom. The Morgan fingerprint density at radius 1 is 0.957 bits per heavy atom. The molecule has 0 aliphatic carbocycles. The fourth-order valence-corrected chi connectivity index (χ4v) is 2.70. The zero-order valence-electron chi connectivity index (χ0n) is 11.0. The van der Waals surface area contributed by atoms with Crippen LogP contribution in [0.1, 0.15) is 5.56 Å². The molecule has 0 heterocycles. The molecule has 0 amide bonds. The number of aromatic hydroxyl groups is 1. The number of phenolic OH excluding ortho intramolecular Hbond substituents is 1. The van der Waals surface area contributed by atoms with E-state index in [2.05, 4.69) is 0 Å². The first-order valence-electron chi connectivity index (χ1n) is 5.89. The van der Waals surface area contributed by atoms with Crippen LogP contribution in [-0.2, 0) is 16.2 Å². The molecule has 0 unspecified atom stereocenters. The SMILES string of the molecule is O=S(=O)(Nc1cc(F)c(O)c(F)c1)c1ccc(C(F)(F)F)cc1.